The van der Waals surface area contributed by atoms with Crippen molar-refractivity contribution in [1.82, 2.24) is 15.1 Å². The molecule has 1 fully saturated rings. The Morgan fingerprint density at radius 1 is 1.42 bits per heavy atom. The van der Waals surface area contributed by atoms with Crippen molar-refractivity contribution in [2.24, 2.45) is 0 Å². The maximum absolute atomic E-state index is 5.09. The molecule has 1 atom stereocenters. The fourth-order valence-electron chi connectivity index (χ4n) is 2.70. The van der Waals surface area contributed by atoms with Crippen molar-refractivity contribution in [3.05, 3.63) is 18.0 Å². The van der Waals surface area contributed by atoms with E-state index in [-0.39, 0.29) is 0 Å². The molecule has 0 saturated heterocycles. The SMILES string of the molecule is COCCC(C)NCc1ccn(C2CCCCC2)n1. The van der Waals surface area contributed by atoms with Crippen LogP contribution in [0.2, 0.25) is 0 Å². The molecule has 1 N–H and O–H groups in total. The number of aromatic nitrogens is 2. The minimum absolute atomic E-state index is 0.472. The lowest BCUT2D eigenvalue weighted by Gasteiger charge is -2.21. The molecule has 0 bridgehead atoms. The minimum Gasteiger partial charge on any atom is -0.385 e. The van der Waals surface area contributed by atoms with E-state index in [2.05, 4.69) is 29.2 Å². The van der Waals surface area contributed by atoms with Gasteiger partial charge in [0.05, 0.1) is 11.7 Å². The van der Waals surface area contributed by atoms with Gasteiger partial charge in [-0.1, -0.05) is 19.3 Å². The Morgan fingerprint density at radius 3 is 2.95 bits per heavy atom. The molecule has 2 rings (SSSR count). The number of rotatable bonds is 7. The van der Waals surface area contributed by atoms with Crippen LogP contribution in [0, 0.1) is 0 Å². The van der Waals surface area contributed by atoms with Gasteiger partial charge < -0.3 is 10.1 Å². The average Bonchev–Trinajstić information content (AvgIpc) is 2.93. The largest absolute Gasteiger partial charge is 0.385 e. The van der Waals surface area contributed by atoms with Gasteiger partial charge in [-0.15, -0.1) is 0 Å². The van der Waals surface area contributed by atoms with E-state index in [4.69, 9.17) is 9.84 Å². The van der Waals surface area contributed by atoms with Gasteiger partial charge >= 0.3 is 0 Å². The summed E-state index contributed by atoms with van der Waals surface area (Å²) in [6.45, 7) is 3.85. The molecule has 0 amide bonds. The van der Waals surface area contributed by atoms with Crippen LogP contribution in [-0.2, 0) is 11.3 Å². The van der Waals surface area contributed by atoms with Crippen molar-refractivity contribution in [2.45, 2.75) is 64.1 Å². The van der Waals surface area contributed by atoms with E-state index >= 15 is 0 Å². The predicted molar refractivity (Wildman–Crippen MR) is 77.1 cm³/mol. The fraction of sp³-hybridized carbons (Fsp3) is 0.800. The topological polar surface area (TPSA) is 39.1 Å². The zero-order valence-electron chi connectivity index (χ0n) is 12.3. The third kappa shape index (κ3) is 4.62. The number of nitrogens with zero attached hydrogens (tertiary/aromatic N) is 2. The van der Waals surface area contributed by atoms with Crippen molar-refractivity contribution in [3.8, 4) is 0 Å². The summed E-state index contributed by atoms with van der Waals surface area (Å²) in [5.74, 6) is 0. The number of methoxy groups -OCH3 is 1. The molecule has 0 aliphatic heterocycles. The fourth-order valence-corrected chi connectivity index (χ4v) is 2.70. The number of hydrogen-bond acceptors (Lipinski definition) is 3. The molecule has 0 aromatic carbocycles. The molecule has 1 aliphatic rings. The van der Waals surface area contributed by atoms with E-state index in [1.54, 1.807) is 7.11 Å². The van der Waals surface area contributed by atoms with Gasteiger partial charge in [0.1, 0.15) is 0 Å². The summed E-state index contributed by atoms with van der Waals surface area (Å²) in [6, 6.07) is 3.25. The van der Waals surface area contributed by atoms with E-state index in [1.807, 2.05) is 0 Å². The molecule has 1 aromatic heterocycles. The van der Waals surface area contributed by atoms with Gasteiger partial charge in [-0.25, -0.2) is 0 Å². The van der Waals surface area contributed by atoms with Gasteiger partial charge in [0.2, 0.25) is 0 Å². The molecule has 0 spiro atoms. The van der Waals surface area contributed by atoms with Crippen LogP contribution in [0.1, 0.15) is 57.2 Å². The first-order chi connectivity index (χ1) is 9.29. The van der Waals surface area contributed by atoms with E-state index in [0.29, 0.717) is 12.1 Å². The van der Waals surface area contributed by atoms with Crippen LogP contribution in [0.25, 0.3) is 0 Å². The predicted octanol–water partition coefficient (Wildman–Crippen LogP) is 2.90. The van der Waals surface area contributed by atoms with Crippen molar-refractivity contribution < 1.29 is 4.74 Å². The van der Waals surface area contributed by atoms with E-state index in [1.165, 1.54) is 32.1 Å². The standard InChI is InChI=1S/C15H27N3O/c1-13(9-11-19-2)16-12-14-8-10-18(17-14)15-6-4-3-5-7-15/h8,10,13,15-16H,3-7,9,11-12H2,1-2H3. The van der Waals surface area contributed by atoms with Crippen LogP contribution < -0.4 is 5.32 Å². The molecular formula is C15H27N3O. The Bertz CT molecular complexity index is 358. The summed E-state index contributed by atoms with van der Waals surface area (Å²) in [7, 11) is 1.75. The monoisotopic (exact) mass is 265 g/mol. The van der Waals surface area contributed by atoms with Crippen LogP contribution in [0.5, 0.6) is 0 Å². The van der Waals surface area contributed by atoms with Crippen LogP contribution in [0.3, 0.4) is 0 Å². The Morgan fingerprint density at radius 2 is 2.21 bits per heavy atom. The first-order valence-electron chi connectivity index (χ1n) is 7.56. The van der Waals surface area contributed by atoms with Gasteiger partial charge in [-0.3, -0.25) is 4.68 Å². The van der Waals surface area contributed by atoms with Gasteiger partial charge in [0.25, 0.3) is 0 Å². The van der Waals surface area contributed by atoms with Crippen LogP contribution in [0.15, 0.2) is 12.3 Å². The van der Waals surface area contributed by atoms with Crippen molar-refractivity contribution >= 4 is 0 Å². The molecule has 4 heteroatoms. The number of hydrogen-bond donors (Lipinski definition) is 1. The summed E-state index contributed by atoms with van der Waals surface area (Å²) in [5, 5.41) is 8.20. The molecule has 4 nitrogen and oxygen atoms in total. The second-order valence-corrected chi connectivity index (χ2v) is 5.64. The Kier molecular flexibility index (Phi) is 5.86. The van der Waals surface area contributed by atoms with Crippen LogP contribution >= 0.6 is 0 Å². The molecule has 1 aliphatic carbocycles. The van der Waals surface area contributed by atoms with Crippen molar-refractivity contribution in [2.75, 3.05) is 13.7 Å². The zero-order valence-corrected chi connectivity index (χ0v) is 12.3. The maximum Gasteiger partial charge on any atom is 0.0762 e. The normalized spacial score (nSPS) is 18.6. The lowest BCUT2D eigenvalue weighted by atomic mass is 9.96. The summed E-state index contributed by atoms with van der Waals surface area (Å²) in [6.07, 6.45) is 9.87. The second-order valence-electron chi connectivity index (χ2n) is 5.64. The van der Waals surface area contributed by atoms with Gasteiger partial charge in [-0.05, 0) is 32.3 Å². The summed E-state index contributed by atoms with van der Waals surface area (Å²) in [5.41, 5.74) is 1.15. The number of nitrogens with one attached hydrogen (secondary N) is 1. The first kappa shape index (κ1) is 14.5. The summed E-state index contributed by atoms with van der Waals surface area (Å²) < 4.78 is 7.26. The van der Waals surface area contributed by atoms with Gasteiger partial charge in [-0.2, -0.15) is 5.10 Å². The van der Waals surface area contributed by atoms with Gasteiger partial charge in [0, 0.05) is 32.5 Å². The minimum atomic E-state index is 0.472. The molecular weight excluding hydrogens is 238 g/mol. The Labute approximate surface area is 116 Å². The molecule has 108 valence electrons. The highest BCUT2D eigenvalue weighted by molar-refractivity contribution is 5.00. The quantitative estimate of drug-likeness (QED) is 0.824. The highest BCUT2D eigenvalue weighted by Crippen LogP contribution is 2.27. The second kappa shape index (κ2) is 7.65. The Balaban J connectivity index is 1.77. The lowest BCUT2D eigenvalue weighted by molar-refractivity contribution is 0.184. The van der Waals surface area contributed by atoms with Gasteiger partial charge in [0.15, 0.2) is 0 Å². The molecule has 1 aromatic rings. The van der Waals surface area contributed by atoms with Crippen molar-refractivity contribution in [1.29, 1.82) is 0 Å². The van der Waals surface area contributed by atoms with Crippen LogP contribution in [0.4, 0.5) is 0 Å². The van der Waals surface area contributed by atoms with E-state index in [0.717, 1.165) is 25.3 Å². The molecule has 0 radical (unpaired) electrons. The number of ether oxygens (including phenoxy) is 1. The van der Waals surface area contributed by atoms with Crippen LogP contribution in [-0.4, -0.2) is 29.5 Å². The lowest BCUT2D eigenvalue weighted by Crippen LogP contribution is -2.27. The first-order valence-corrected chi connectivity index (χ1v) is 7.56. The molecule has 1 heterocycles. The average molecular weight is 265 g/mol. The maximum atomic E-state index is 5.09. The Hall–Kier alpha value is -0.870. The van der Waals surface area contributed by atoms with Crippen molar-refractivity contribution in [3.63, 3.8) is 0 Å². The summed E-state index contributed by atoms with van der Waals surface area (Å²) >= 11 is 0. The molecule has 1 saturated carbocycles. The highest BCUT2D eigenvalue weighted by atomic mass is 16.5. The highest BCUT2D eigenvalue weighted by Gasteiger charge is 2.15. The third-order valence-corrected chi connectivity index (χ3v) is 4.00. The molecule has 19 heavy (non-hydrogen) atoms. The van der Waals surface area contributed by atoms with E-state index < -0.39 is 0 Å². The van der Waals surface area contributed by atoms with E-state index in [9.17, 15) is 0 Å². The summed E-state index contributed by atoms with van der Waals surface area (Å²) in [4.78, 5) is 0. The molecule has 1 unspecified atom stereocenters. The zero-order chi connectivity index (χ0) is 13.5. The third-order valence-electron chi connectivity index (χ3n) is 4.00. The smallest absolute Gasteiger partial charge is 0.0762 e.